The molecule has 0 fully saturated rings. The molecule has 26 heavy (non-hydrogen) atoms. The van der Waals surface area contributed by atoms with Gasteiger partial charge in [0.05, 0.1) is 6.04 Å². The van der Waals surface area contributed by atoms with Gasteiger partial charge in [-0.25, -0.2) is 0 Å². The zero-order valence-electron chi connectivity index (χ0n) is 16.8. The molecule has 0 aliphatic carbocycles. The van der Waals surface area contributed by atoms with E-state index in [1.807, 2.05) is 19.9 Å². The Hall–Kier alpha value is -2.29. The van der Waals surface area contributed by atoms with Gasteiger partial charge < -0.3 is 10.1 Å². The molecule has 0 unspecified atom stereocenters. The molecule has 3 heteroatoms. The number of hydrogen-bond donors (Lipinski definition) is 1. The molecular weight excluding hydrogens is 322 g/mol. The topological polar surface area (TPSA) is 38.3 Å². The molecule has 0 heterocycles. The summed E-state index contributed by atoms with van der Waals surface area (Å²) in [6.07, 6.45) is 0.289. The van der Waals surface area contributed by atoms with Gasteiger partial charge in [0.2, 0.25) is 0 Å². The number of carbonyl (C=O) groups excluding carboxylic acids is 1. The van der Waals surface area contributed by atoms with Crippen molar-refractivity contribution in [3.63, 3.8) is 0 Å². The molecule has 2 aromatic rings. The first-order chi connectivity index (χ1) is 12.3. The lowest BCUT2D eigenvalue weighted by Gasteiger charge is -2.23. The Balaban J connectivity index is 2.09. The molecule has 1 amide bonds. The fraction of sp³-hybridized carbons (Fsp3) is 0.435. The monoisotopic (exact) mass is 353 g/mol. The van der Waals surface area contributed by atoms with Crippen LogP contribution >= 0.6 is 0 Å². The summed E-state index contributed by atoms with van der Waals surface area (Å²) in [4.78, 5) is 12.7. The van der Waals surface area contributed by atoms with Crippen LogP contribution in [0.25, 0.3) is 0 Å². The summed E-state index contributed by atoms with van der Waals surface area (Å²) in [7, 11) is 0. The van der Waals surface area contributed by atoms with Crippen LogP contribution in [0.2, 0.25) is 0 Å². The van der Waals surface area contributed by atoms with Crippen LogP contribution < -0.4 is 10.1 Å². The van der Waals surface area contributed by atoms with Gasteiger partial charge in [0, 0.05) is 0 Å². The van der Waals surface area contributed by atoms with Crippen LogP contribution in [-0.4, -0.2) is 12.0 Å². The van der Waals surface area contributed by atoms with Crippen molar-refractivity contribution in [3.05, 3.63) is 64.7 Å². The van der Waals surface area contributed by atoms with Crippen molar-refractivity contribution in [1.82, 2.24) is 5.32 Å². The highest BCUT2D eigenvalue weighted by atomic mass is 16.5. The van der Waals surface area contributed by atoms with Crippen molar-refractivity contribution in [2.24, 2.45) is 0 Å². The molecule has 1 N–H and O–H groups in total. The van der Waals surface area contributed by atoms with Gasteiger partial charge in [0.15, 0.2) is 6.10 Å². The zero-order valence-corrected chi connectivity index (χ0v) is 16.8. The number of nitrogens with one attached hydrogen (secondary N) is 1. The van der Waals surface area contributed by atoms with Gasteiger partial charge in [-0.3, -0.25) is 4.79 Å². The maximum atomic E-state index is 12.7. The highest BCUT2D eigenvalue weighted by molar-refractivity contribution is 5.81. The van der Waals surface area contributed by atoms with E-state index >= 15 is 0 Å². The Morgan fingerprint density at radius 1 is 1.00 bits per heavy atom. The van der Waals surface area contributed by atoms with E-state index in [-0.39, 0.29) is 11.9 Å². The van der Waals surface area contributed by atoms with Gasteiger partial charge in [-0.1, -0.05) is 62.7 Å². The number of benzene rings is 2. The summed E-state index contributed by atoms with van der Waals surface area (Å²) in [6.45, 7) is 12.2. The maximum Gasteiger partial charge on any atom is 0.261 e. The van der Waals surface area contributed by atoms with E-state index in [2.05, 4.69) is 69.4 Å². The number of amides is 1. The summed E-state index contributed by atoms with van der Waals surface area (Å²) in [5.41, 5.74) is 4.59. The van der Waals surface area contributed by atoms with Crippen LogP contribution in [0.3, 0.4) is 0 Å². The van der Waals surface area contributed by atoms with Crippen molar-refractivity contribution in [3.8, 4) is 5.75 Å². The molecule has 2 atom stereocenters. The molecule has 0 bridgehead atoms. The second-order valence-electron chi connectivity index (χ2n) is 7.34. The molecule has 0 saturated carbocycles. The zero-order chi connectivity index (χ0) is 19.3. The SMILES string of the molecule is CC[C@H](NC(=O)[C@@H](C)Oc1cc(C)ccc1C(C)C)c1ccc(C)cc1. The summed E-state index contributed by atoms with van der Waals surface area (Å²) < 4.78 is 6.04. The fourth-order valence-electron chi connectivity index (χ4n) is 2.97. The maximum absolute atomic E-state index is 12.7. The van der Waals surface area contributed by atoms with E-state index in [0.717, 1.165) is 28.9 Å². The average Bonchev–Trinajstić information content (AvgIpc) is 2.60. The highest BCUT2D eigenvalue weighted by Gasteiger charge is 2.21. The summed E-state index contributed by atoms with van der Waals surface area (Å²) in [5, 5.41) is 3.12. The number of carbonyl (C=O) groups is 1. The normalized spacial score (nSPS) is 13.3. The minimum absolute atomic E-state index is 0.00349. The van der Waals surface area contributed by atoms with E-state index in [1.165, 1.54) is 5.56 Å². The summed E-state index contributed by atoms with van der Waals surface area (Å²) >= 11 is 0. The lowest BCUT2D eigenvalue weighted by atomic mass is 10.0. The van der Waals surface area contributed by atoms with Gasteiger partial charge >= 0.3 is 0 Å². The van der Waals surface area contributed by atoms with Crippen molar-refractivity contribution in [1.29, 1.82) is 0 Å². The largest absolute Gasteiger partial charge is 0.481 e. The van der Waals surface area contributed by atoms with Crippen LogP contribution in [0, 0.1) is 13.8 Å². The highest BCUT2D eigenvalue weighted by Crippen LogP contribution is 2.28. The first-order valence-corrected chi connectivity index (χ1v) is 9.46. The van der Waals surface area contributed by atoms with Gasteiger partial charge in [0.25, 0.3) is 5.91 Å². The van der Waals surface area contributed by atoms with E-state index < -0.39 is 6.10 Å². The molecule has 0 spiro atoms. The molecule has 2 rings (SSSR count). The molecule has 3 nitrogen and oxygen atoms in total. The number of aryl methyl sites for hydroxylation is 2. The molecular formula is C23H31NO2. The second-order valence-corrected chi connectivity index (χ2v) is 7.34. The predicted molar refractivity (Wildman–Crippen MR) is 108 cm³/mol. The van der Waals surface area contributed by atoms with Gasteiger partial charge in [-0.2, -0.15) is 0 Å². The van der Waals surface area contributed by atoms with Crippen molar-refractivity contribution in [2.75, 3.05) is 0 Å². The Morgan fingerprint density at radius 3 is 2.19 bits per heavy atom. The van der Waals surface area contributed by atoms with Crippen LogP contribution in [0.4, 0.5) is 0 Å². The van der Waals surface area contributed by atoms with Crippen molar-refractivity contribution in [2.45, 2.75) is 66.0 Å². The second kappa shape index (κ2) is 8.88. The number of hydrogen-bond acceptors (Lipinski definition) is 2. The molecule has 0 saturated heterocycles. The Morgan fingerprint density at radius 2 is 1.62 bits per heavy atom. The minimum Gasteiger partial charge on any atom is -0.481 e. The lowest BCUT2D eigenvalue weighted by Crippen LogP contribution is -2.38. The molecule has 0 aliphatic heterocycles. The quantitative estimate of drug-likeness (QED) is 0.717. The van der Waals surface area contributed by atoms with Crippen molar-refractivity contribution < 1.29 is 9.53 Å². The fourth-order valence-corrected chi connectivity index (χ4v) is 2.97. The number of ether oxygens (including phenoxy) is 1. The van der Waals surface area contributed by atoms with Crippen LogP contribution in [0.1, 0.15) is 68.3 Å². The van der Waals surface area contributed by atoms with Crippen molar-refractivity contribution >= 4 is 5.91 Å². The summed E-state index contributed by atoms with van der Waals surface area (Å²) in [6, 6.07) is 14.5. The summed E-state index contributed by atoms with van der Waals surface area (Å²) in [5.74, 6) is 1.05. The Bertz CT molecular complexity index is 734. The first-order valence-electron chi connectivity index (χ1n) is 9.46. The first kappa shape index (κ1) is 20.0. The van der Waals surface area contributed by atoms with Crippen LogP contribution in [0.15, 0.2) is 42.5 Å². The van der Waals surface area contributed by atoms with E-state index in [0.29, 0.717) is 5.92 Å². The minimum atomic E-state index is -0.547. The van der Waals surface area contributed by atoms with E-state index in [1.54, 1.807) is 0 Å². The van der Waals surface area contributed by atoms with Crippen LogP contribution in [-0.2, 0) is 4.79 Å². The van der Waals surface area contributed by atoms with Gasteiger partial charge in [0.1, 0.15) is 5.75 Å². The molecule has 0 aromatic heterocycles. The Kier molecular flexibility index (Phi) is 6.84. The third-order valence-electron chi connectivity index (χ3n) is 4.67. The third kappa shape index (κ3) is 5.10. The van der Waals surface area contributed by atoms with Crippen LogP contribution in [0.5, 0.6) is 5.75 Å². The molecule has 0 radical (unpaired) electrons. The average molecular weight is 354 g/mol. The number of rotatable bonds is 7. The molecule has 0 aliphatic rings. The predicted octanol–water partition coefficient (Wildman–Crippen LogP) is 5.46. The van der Waals surface area contributed by atoms with E-state index in [9.17, 15) is 4.79 Å². The van der Waals surface area contributed by atoms with Gasteiger partial charge in [-0.15, -0.1) is 0 Å². The third-order valence-corrected chi connectivity index (χ3v) is 4.67. The lowest BCUT2D eigenvalue weighted by molar-refractivity contribution is -0.128. The van der Waals surface area contributed by atoms with E-state index in [4.69, 9.17) is 4.74 Å². The molecule has 2 aromatic carbocycles. The Labute approximate surface area is 157 Å². The molecule has 140 valence electrons. The smallest absolute Gasteiger partial charge is 0.261 e. The standard InChI is InChI=1S/C23H31NO2/c1-7-21(19-11-8-16(4)9-12-19)24-23(25)18(6)26-22-14-17(5)10-13-20(22)15(2)3/h8-15,18,21H,7H2,1-6H3,(H,24,25)/t18-,21+/m1/s1. The van der Waals surface area contributed by atoms with Gasteiger partial charge in [-0.05, 0) is 55.9 Å².